The largest absolute Gasteiger partial charge is 0.464 e. The third kappa shape index (κ3) is 4.46. The van der Waals surface area contributed by atoms with E-state index >= 15 is 0 Å². The van der Waals surface area contributed by atoms with Crippen LogP contribution >= 0.6 is 15.9 Å². The highest BCUT2D eigenvalue weighted by atomic mass is 79.9. The Kier molecular flexibility index (Phi) is 7.22. The van der Waals surface area contributed by atoms with Crippen molar-refractivity contribution in [2.45, 2.75) is 25.8 Å². The van der Waals surface area contributed by atoms with Crippen molar-refractivity contribution >= 4 is 21.9 Å². The lowest BCUT2D eigenvalue weighted by Crippen LogP contribution is -2.50. The molecular formula is C14H19BrN4O2. The molecule has 21 heavy (non-hydrogen) atoms. The second-order valence-corrected chi connectivity index (χ2v) is 5.28. The number of carbonyl (C=O) groups excluding carboxylic acids is 1. The van der Waals surface area contributed by atoms with E-state index < -0.39 is 5.54 Å². The van der Waals surface area contributed by atoms with E-state index in [0.717, 1.165) is 10.0 Å². The van der Waals surface area contributed by atoms with Crippen LogP contribution in [-0.2, 0) is 15.1 Å². The van der Waals surface area contributed by atoms with Crippen molar-refractivity contribution in [2.75, 3.05) is 19.7 Å². The van der Waals surface area contributed by atoms with Gasteiger partial charge in [-0.1, -0.05) is 40.1 Å². The number of nitrogens with zero attached hydrogens (tertiary/aromatic N) is 3. The fraction of sp³-hybridized carbons (Fsp3) is 0.500. The number of carbonyl (C=O) groups is 1. The first kappa shape index (κ1) is 17.5. The van der Waals surface area contributed by atoms with Crippen molar-refractivity contribution in [3.8, 4) is 0 Å². The second-order valence-electron chi connectivity index (χ2n) is 4.37. The van der Waals surface area contributed by atoms with Crippen molar-refractivity contribution in [3.63, 3.8) is 0 Å². The van der Waals surface area contributed by atoms with Crippen LogP contribution in [0.4, 0.5) is 0 Å². The number of benzene rings is 1. The monoisotopic (exact) mass is 354 g/mol. The molecule has 7 heteroatoms. The molecule has 0 aliphatic heterocycles. The Bertz CT molecular complexity index is 514. The van der Waals surface area contributed by atoms with Crippen LogP contribution < -0.4 is 5.32 Å². The minimum Gasteiger partial charge on any atom is -0.464 e. The predicted molar refractivity (Wildman–Crippen MR) is 84.8 cm³/mol. The van der Waals surface area contributed by atoms with Crippen molar-refractivity contribution in [2.24, 2.45) is 5.11 Å². The molecule has 0 aromatic heterocycles. The van der Waals surface area contributed by atoms with Gasteiger partial charge in [0.05, 0.1) is 6.61 Å². The fourth-order valence-corrected chi connectivity index (χ4v) is 2.38. The molecule has 1 unspecified atom stereocenters. The quantitative estimate of drug-likeness (QED) is 0.254. The second kappa shape index (κ2) is 8.67. The predicted octanol–water partition coefficient (Wildman–Crippen LogP) is 3.52. The van der Waals surface area contributed by atoms with E-state index in [1.165, 1.54) is 0 Å². The normalized spacial score (nSPS) is 13.1. The van der Waals surface area contributed by atoms with Gasteiger partial charge in [0.1, 0.15) is 5.54 Å². The lowest BCUT2D eigenvalue weighted by Gasteiger charge is -2.32. The standard InChI is InChI=1S/C14H19BrN4O2/c1-3-14(13(20)21-4-2,17-9-10-18-19-16)11-5-7-12(15)8-6-11/h5-8,17H,3-4,9-10H2,1-2H3. The van der Waals surface area contributed by atoms with Crippen LogP contribution in [0.5, 0.6) is 0 Å². The molecule has 0 fully saturated rings. The average Bonchev–Trinajstić information content (AvgIpc) is 2.49. The van der Waals surface area contributed by atoms with Crippen LogP contribution in [0.2, 0.25) is 0 Å². The molecule has 0 radical (unpaired) electrons. The van der Waals surface area contributed by atoms with Crippen LogP contribution in [0.15, 0.2) is 33.9 Å². The SMILES string of the molecule is CCOC(=O)C(CC)(NCCN=[N+]=[N-])c1ccc(Br)cc1. The molecule has 1 N–H and O–H groups in total. The molecular weight excluding hydrogens is 336 g/mol. The van der Waals surface area contributed by atoms with Gasteiger partial charge in [0, 0.05) is 22.5 Å². The fourth-order valence-electron chi connectivity index (χ4n) is 2.12. The van der Waals surface area contributed by atoms with Gasteiger partial charge in [-0.05, 0) is 36.6 Å². The summed E-state index contributed by atoms with van der Waals surface area (Å²) in [5.74, 6) is -0.323. The highest BCUT2D eigenvalue weighted by Gasteiger charge is 2.39. The summed E-state index contributed by atoms with van der Waals surface area (Å²) >= 11 is 3.38. The Labute approximate surface area is 132 Å². The smallest absolute Gasteiger partial charge is 0.330 e. The first-order valence-corrected chi connectivity index (χ1v) is 7.59. The van der Waals surface area contributed by atoms with Crippen LogP contribution in [0, 0.1) is 0 Å². The molecule has 0 saturated heterocycles. The van der Waals surface area contributed by atoms with Gasteiger partial charge in [-0.15, -0.1) is 0 Å². The van der Waals surface area contributed by atoms with Gasteiger partial charge < -0.3 is 4.74 Å². The molecule has 1 aromatic carbocycles. The number of hydrogen-bond donors (Lipinski definition) is 1. The van der Waals surface area contributed by atoms with Crippen LogP contribution in [-0.4, -0.2) is 25.7 Å². The average molecular weight is 355 g/mol. The molecule has 6 nitrogen and oxygen atoms in total. The minimum atomic E-state index is -0.929. The molecule has 0 aliphatic carbocycles. The zero-order valence-electron chi connectivity index (χ0n) is 12.2. The van der Waals surface area contributed by atoms with Gasteiger partial charge in [-0.3, -0.25) is 5.32 Å². The van der Waals surface area contributed by atoms with E-state index in [4.69, 9.17) is 10.3 Å². The first-order chi connectivity index (χ1) is 10.1. The summed E-state index contributed by atoms with van der Waals surface area (Å²) in [5, 5.41) is 6.66. The van der Waals surface area contributed by atoms with E-state index in [9.17, 15) is 4.79 Å². The Morgan fingerprint density at radius 1 is 1.43 bits per heavy atom. The Morgan fingerprint density at radius 2 is 2.10 bits per heavy atom. The maximum atomic E-state index is 12.4. The summed E-state index contributed by atoms with van der Waals surface area (Å²) in [6.07, 6.45) is 0.531. The molecule has 0 saturated carbocycles. The Morgan fingerprint density at radius 3 is 2.62 bits per heavy atom. The summed E-state index contributed by atoms with van der Waals surface area (Å²) in [6.45, 7) is 4.68. The van der Waals surface area contributed by atoms with Crippen molar-refractivity contribution < 1.29 is 9.53 Å². The Balaban J connectivity index is 3.08. The zero-order chi connectivity index (χ0) is 15.7. The molecule has 1 rings (SSSR count). The zero-order valence-corrected chi connectivity index (χ0v) is 13.8. The lowest BCUT2D eigenvalue weighted by molar-refractivity contribution is -0.152. The molecule has 0 bridgehead atoms. The van der Waals surface area contributed by atoms with E-state index in [-0.39, 0.29) is 12.5 Å². The molecule has 114 valence electrons. The topological polar surface area (TPSA) is 87.1 Å². The first-order valence-electron chi connectivity index (χ1n) is 6.79. The molecule has 1 atom stereocenters. The molecule has 0 amide bonds. The summed E-state index contributed by atoms with van der Waals surface area (Å²) in [5.41, 5.74) is 8.23. The third-order valence-electron chi connectivity index (χ3n) is 3.19. The van der Waals surface area contributed by atoms with Gasteiger partial charge >= 0.3 is 5.97 Å². The van der Waals surface area contributed by atoms with Crippen LogP contribution in [0.1, 0.15) is 25.8 Å². The van der Waals surface area contributed by atoms with Gasteiger partial charge in [0.2, 0.25) is 0 Å². The van der Waals surface area contributed by atoms with E-state index in [0.29, 0.717) is 19.6 Å². The summed E-state index contributed by atoms with van der Waals surface area (Å²) < 4.78 is 6.16. The van der Waals surface area contributed by atoms with Crippen molar-refractivity contribution in [3.05, 3.63) is 44.7 Å². The summed E-state index contributed by atoms with van der Waals surface area (Å²) in [4.78, 5) is 15.2. The lowest BCUT2D eigenvalue weighted by atomic mass is 9.87. The number of rotatable bonds is 8. The highest BCUT2D eigenvalue weighted by Crippen LogP contribution is 2.28. The van der Waals surface area contributed by atoms with Crippen LogP contribution in [0.25, 0.3) is 10.4 Å². The number of esters is 1. The number of nitrogens with one attached hydrogen (secondary N) is 1. The van der Waals surface area contributed by atoms with Crippen molar-refractivity contribution in [1.29, 1.82) is 0 Å². The van der Waals surface area contributed by atoms with Crippen molar-refractivity contribution in [1.82, 2.24) is 5.32 Å². The molecule has 0 spiro atoms. The number of ether oxygens (including phenoxy) is 1. The molecule has 0 aliphatic rings. The van der Waals surface area contributed by atoms with E-state index in [1.54, 1.807) is 6.92 Å². The molecule has 1 aromatic rings. The number of hydrogen-bond acceptors (Lipinski definition) is 4. The highest BCUT2D eigenvalue weighted by molar-refractivity contribution is 9.10. The minimum absolute atomic E-state index is 0.272. The van der Waals surface area contributed by atoms with Gasteiger partial charge in [-0.25, -0.2) is 4.79 Å². The summed E-state index contributed by atoms with van der Waals surface area (Å²) in [7, 11) is 0. The number of halogens is 1. The van der Waals surface area contributed by atoms with Crippen LogP contribution in [0.3, 0.4) is 0 Å². The maximum absolute atomic E-state index is 12.4. The third-order valence-corrected chi connectivity index (χ3v) is 3.72. The van der Waals surface area contributed by atoms with Gasteiger partial charge in [0.15, 0.2) is 0 Å². The van der Waals surface area contributed by atoms with E-state index in [1.807, 2.05) is 31.2 Å². The maximum Gasteiger partial charge on any atom is 0.330 e. The number of azide groups is 1. The molecule has 0 heterocycles. The Hall–Kier alpha value is -1.56. The van der Waals surface area contributed by atoms with E-state index in [2.05, 4.69) is 31.3 Å². The van der Waals surface area contributed by atoms with Gasteiger partial charge in [-0.2, -0.15) is 0 Å². The summed E-state index contributed by atoms with van der Waals surface area (Å²) in [6, 6.07) is 7.53. The van der Waals surface area contributed by atoms with Gasteiger partial charge in [0.25, 0.3) is 0 Å².